The topological polar surface area (TPSA) is 67.5 Å². The van der Waals surface area contributed by atoms with Gasteiger partial charge in [0.1, 0.15) is 5.84 Å². The summed E-state index contributed by atoms with van der Waals surface area (Å²) in [5.41, 5.74) is 7.38. The van der Waals surface area contributed by atoms with Crippen LogP contribution in [-0.2, 0) is 0 Å². The maximum absolute atomic E-state index is 12.0. The molecule has 6 heteroatoms. The van der Waals surface area contributed by atoms with Crippen molar-refractivity contribution in [1.29, 1.82) is 0 Å². The first-order valence-corrected chi connectivity index (χ1v) is 7.06. The van der Waals surface area contributed by atoms with Gasteiger partial charge in [0.15, 0.2) is 0 Å². The van der Waals surface area contributed by atoms with E-state index in [0.717, 1.165) is 0 Å². The van der Waals surface area contributed by atoms with Gasteiger partial charge in [0.2, 0.25) is 0 Å². The summed E-state index contributed by atoms with van der Waals surface area (Å²) >= 11 is 11.4. The van der Waals surface area contributed by atoms with E-state index < -0.39 is 0 Å². The number of nitrogens with zero attached hydrogens (tertiary/aromatic N) is 1. The molecule has 0 unspecified atom stereocenters. The van der Waals surface area contributed by atoms with Gasteiger partial charge >= 0.3 is 0 Å². The van der Waals surface area contributed by atoms with Crippen molar-refractivity contribution in [1.82, 2.24) is 0 Å². The molecule has 2 aromatic carbocycles. The average molecular weight is 322 g/mol. The number of carbonyl (C=O) groups is 1. The van der Waals surface area contributed by atoms with Crippen LogP contribution in [0, 0.1) is 0 Å². The number of rotatable bonds is 4. The highest BCUT2D eigenvalue weighted by atomic mass is 35.5. The van der Waals surface area contributed by atoms with Crippen LogP contribution in [0.15, 0.2) is 53.5 Å². The zero-order chi connectivity index (χ0) is 15.2. The smallest absolute Gasteiger partial charge is 0.255 e. The first kappa shape index (κ1) is 15.4. The molecule has 0 aliphatic rings. The number of carbonyl (C=O) groups excluding carboxylic acids is 1. The van der Waals surface area contributed by atoms with Gasteiger partial charge in [-0.25, -0.2) is 4.99 Å². The number of aliphatic imine (C=N–C) groups is 1. The first-order valence-electron chi connectivity index (χ1n) is 6.14. The van der Waals surface area contributed by atoms with Crippen LogP contribution in [0.4, 0.5) is 11.4 Å². The molecular formula is C15H13Cl2N3O. The lowest BCUT2D eigenvalue weighted by Gasteiger charge is -2.06. The number of amidine groups is 1. The third kappa shape index (κ3) is 4.48. The molecule has 1 amide bonds. The molecule has 0 atom stereocenters. The minimum absolute atomic E-state index is 0.174. The van der Waals surface area contributed by atoms with Crippen molar-refractivity contribution in [3.63, 3.8) is 0 Å². The van der Waals surface area contributed by atoms with Crippen LogP contribution < -0.4 is 11.1 Å². The van der Waals surface area contributed by atoms with Crippen LogP contribution >= 0.6 is 23.2 Å². The number of anilines is 1. The normalized spacial score (nSPS) is 11.2. The lowest BCUT2D eigenvalue weighted by Crippen LogP contribution is -2.12. The van der Waals surface area contributed by atoms with E-state index in [4.69, 9.17) is 28.9 Å². The molecule has 2 rings (SSSR count). The Balaban J connectivity index is 2.08. The Bertz CT molecular complexity index is 669. The molecule has 0 heterocycles. The second-order valence-corrected chi connectivity index (χ2v) is 4.95. The van der Waals surface area contributed by atoms with E-state index in [1.165, 1.54) is 0 Å². The highest BCUT2D eigenvalue weighted by Crippen LogP contribution is 2.18. The lowest BCUT2D eigenvalue weighted by molar-refractivity contribution is 0.102. The summed E-state index contributed by atoms with van der Waals surface area (Å²) in [6, 6.07) is 13.7. The van der Waals surface area contributed by atoms with Gasteiger partial charge in [-0.1, -0.05) is 17.7 Å². The second kappa shape index (κ2) is 7.11. The van der Waals surface area contributed by atoms with Gasteiger partial charge in [-0.3, -0.25) is 4.79 Å². The van der Waals surface area contributed by atoms with Gasteiger partial charge in [0, 0.05) is 16.3 Å². The molecule has 0 radical (unpaired) electrons. The van der Waals surface area contributed by atoms with Crippen LogP contribution in [0.2, 0.25) is 5.02 Å². The molecule has 0 bridgehead atoms. The minimum atomic E-state index is -0.228. The van der Waals surface area contributed by atoms with Gasteiger partial charge in [-0.2, -0.15) is 0 Å². The van der Waals surface area contributed by atoms with Crippen molar-refractivity contribution in [3.8, 4) is 0 Å². The summed E-state index contributed by atoms with van der Waals surface area (Å²) in [5.74, 6) is 0.286. The van der Waals surface area contributed by atoms with Gasteiger partial charge in [0.25, 0.3) is 5.91 Å². The monoisotopic (exact) mass is 321 g/mol. The minimum Gasteiger partial charge on any atom is -0.386 e. The molecule has 0 aliphatic carbocycles. The molecule has 0 saturated heterocycles. The molecule has 0 aliphatic heterocycles. The Morgan fingerprint density at radius 1 is 1.19 bits per heavy atom. The molecule has 0 aromatic heterocycles. The Morgan fingerprint density at radius 3 is 2.52 bits per heavy atom. The van der Waals surface area contributed by atoms with E-state index in [-0.39, 0.29) is 11.8 Å². The van der Waals surface area contributed by atoms with Gasteiger partial charge in [-0.05, 0) is 42.5 Å². The Hall–Kier alpha value is -2.04. The number of hydrogen-bond acceptors (Lipinski definition) is 2. The predicted octanol–water partition coefficient (Wildman–Crippen LogP) is 3.82. The number of halogens is 2. The average Bonchev–Trinajstić information content (AvgIpc) is 2.49. The van der Waals surface area contributed by atoms with Gasteiger partial charge in [-0.15, -0.1) is 11.6 Å². The molecule has 4 nitrogen and oxygen atoms in total. The largest absolute Gasteiger partial charge is 0.386 e. The summed E-state index contributed by atoms with van der Waals surface area (Å²) in [6.45, 7) is 0. The van der Waals surface area contributed by atoms with E-state index in [2.05, 4.69) is 10.3 Å². The summed E-state index contributed by atoms with van der Waals surface area (Å²) in [7, 11) is 0. The van der Waals surface area contributed by atoms with E-state index in [0.29, 0.717) is 27.8 Å². The van der Waals surface area contributed by atoms with E-state index in [1.54, 1.807) is 48.5 Å². The summed E-state index contributed by atoms with van der Waals surface area (Å²) in [5, 5.41) is 3.29. The fourth-order valence-corrected chi connectivity index (χ4v) is 1.90. The Labute approximate surface area is 132 Å². The molecule has 0 saturated carbocycles. The summed E-state index contributed by atoms with van der Waals surface area (Å²) in [6.07, 6.45) is 0. The molecule has 2 aromatic rings. The number of benzene rings is 2. The predicted molar refractivity (Wildman–Crippen MR) is 87.8 cm³/mol. The van der Waals surface area contributed by atoms with Crippen molar-refractivity contribution in [2.24, 2.45) is 10.7 Å². The maximum atomic E-state index is 12.0. The third-order valence-corrected chi connectivity index (χ3v) is 3.13. The van der Waals surface area contributed by atoms with Gasteiger partial charge < -0.3 is 11.1 Å². The number of nitrogens with one attached hydrogen (secondary N) is 1. The Morgan fingerprint density at radius 2 is 1.90 bits per heavy atom. The molecule has 3 N–H and O–H groups in total. The number of hydrogen-bond donors (Lipinski definition) is 2. The van der Waals surface area contributed by atoms with Crippen molar-refractivity contribution < 1.29 is 4.79 Å². The lowest BCUT2D eigenvalue weighted by atomic mass is 10.2. The number of amides is 1. The van der Waals surface area contributed by atoms with Crippen molar-refractivity contribution in [2.45, 2.75) is 0 Å². The molecule has 21 heavy (non-hydrogen) atoms. The molecular weight excluding hydrogens is 309 g/mol. The van der Waals surface area contributed by atoms with Crippen LogP contribution in [-0.4, -0.2) is 17.6 Å². The van der Waals surface area contributed by atoms with Crippen molar-refractivity contribution in [3.05, 3.63) is 59.1 Å². The highest BCUT2D eigenvalue weighted by Gasteiger charge is 2.06. The standard InChI is InChI=1S/C15H13Cl2N3O/c16-9-14(18)19-12-4-6-13(7-5-12)20-15(21)10-2-1-3-11(17)8-10/h1-8H,9H2,(H2,18,19)(H,20,21). The first-order chi connectivity index (χ1) is 10.1. The fourth-order valence-electron chi connectivity index (χ4n) is 1.65. The third-order valence-electron chi connectivity index (χ3n) is 2.62. The molecule has 108 valence electrons. The van der Waals surface area contributed by atoms with E-state index in [9.17, 15) is 4.79 Å². The van der Waals surface area contributed by atoms with Crippen LogP contribution in [0.25, 0.3) is 0 Å². The highest BCUT2D eigenvalue weighted by molar-refractivity contribution is 6.31. The Kier molecular flexibility index (Phi) is 5.20. The number of nitrogens with two attached hydrogens (primary N) is 1. The van der Waals surface area contributed by atoms with Crippen molar-refractivity contribution >= 4 is 46.3 Å². The second-order valence-electron chi connectivity index (χ2n) is 4.25. The maximum Gasteiger partial charge on any atom is 0.255 e. The van der Waals surface area contributed by atoms with E-state index >= 15 is 0 Å². The van der Waals surface area contributed by atoms with Crippen LogP contribution in [0.3, 0.4) is 0 Å². The quantitative estimate of drug-likeness (QED) is 0.510. The molecule has 0 spiro atoms. The summed E-state index contributed by atoms with van der Waals surface area (Å²) in [4.78, 5) is 16.1. The zero-order valence-corrected chi connectivity index (χ0v) is 12.5. The fraction of sp³-hybridized carbons (Fsp3) is 0.0667. The van der Waals surface area contributed by atoms with Crippen LogP contribution in [0.1, 0.15) is 10.4 Å². The van der Waals surface area contributed by atoms with Gasteiger partial charge in [0.05, 0.1) is 11.6 Å². The van der Waals surface area contributed by atoms with Crippen LogP contribution in [0.5, 0.6) is 0 Å². The SMILES string of the molecule is NC(CCl)=Nc1ccc(NC(=O)c2cccc(Cl)c2)cc1. The van der Waals surface area contributed by atoms with E-state index in [1.807, 2.05) is 0 Å². The molecule has 0 fully saturated rings. The number of alkyl halides is 1. The van der Waals surface area contributed by atoms with Crippen molar-refractivity contribution in [2.75, 3.05) is 11.2 Å². The zero-order valence-electron chi connectivity index (χ0n) is 11.0. The summed E-state index contributed by atoms with van der Waals surface area (Å²) < 4.78 is 0.